The Bertz CT molecular complexity index is 253. The van der Waals surface area contributed by atoms with Crippen LogP contribution in [0.5, 0.6) is 0 Å². The van der Waals surface area contributed by atoms with Crippen LogP contribution in [0.15, 0.2) is 17.0 Å². The van der Waals surface area contributed by atoms with Gasteiger partial charge in [0.15, 0.2) is 0 Å². The van der Waals surface area contributed by atoms with Gasteiger partial charge in [-0.05, 0) is 11.4 Å². The lowest BCUT2D eigenvalue weighted by Crippen LogP contribution is -1.98. The summed E-state index contributed by atoms with van der Waals surface area (Å²) in [5.41, 5.74) is 0. The molecule has 1 rings (SSSR count). The van der Waals surface area contributed by atoms with Gasteiger partial charge in [-0.2, -0.15) is 0 Å². The van der Waals surface area contributed by atoms with E-state index in [9.17, 15) is 8.78 Å². The van der Waals surface area contributed by atoms with Gasteiger partial charge in [-0.15, -0.1) is 21.9 Å². The standard InChI is InChI=1S/C6H5F2PS.C3H8/c7-3-1-4(8)6(10)5(9)2-3;1-3-2/h1-2,10H,9H2;3H2,1-2H3. The van der Waals surface area contributed by atoms with Crippen molar-refractivity contribution in [3.8, 4) is 0 Å². The molecule has 4 heteroatoms. The van der Waals surface area contributed by atoms with Gasteiger partial charge < -0.3 is 0 Å². The van der Waals surface area contributed by atoms with Crippen molar-refractivity contribution in [1.82, 2.24) is 0 Å². The fourth-order valence-electron chi connectivity index (χ4n) is 0.586. The van der Waals surface area contributed by atoms with Crippen molar-refractivity contribution in [3.05, 3.63) is 23.8 Å². The molecule has 0 heterocycles. The number of hydrogen-bond acceptors (Lipinski definition) is 1. The van der Waals surface area contributed by atoms with Gasteiger partial charge in [0, 0.05) is 11.0 Å². The molecule has 0 saturated carbocycles. The van der Waals surface area contributed by atoms with Crippen LogP contribution in [-0.4, -0.2) is 0 Å². The minimum Gasteiger partial charge on any atom is -0.207 e. The van der Waals surface area contributed by atoms with E-state index in [0.29, 0.717) is 5.30 Å². The molecule has 1 atom stereocenters. The molecule has 0 bridgehead atoms. The highest BCUT2D eigenvalue weighted by atomic mass is 32.1. The summed E-state index contributed by atoms with van der Waals surface area (Å²) < 4.78 is 24.8. The lowest BCUT2D eigenvalue weighted by Gasteiger charge is -1.98. The topological polar surface area (TPSA) is 0 Å². The maximum Gasteiger partial charge on any atom is 0.140 e. The molecular weight excluding hydrogens is 209 g/mol. The van der Waals surface area contributed by atoms with E-state index in [0.717, 1.165) is 6.07 Å². The quantitative estimate of drug-likeness (QED) is 0.506. The number of benzene rings is 1. The van der Waals surface area contributed by atoms with Crippen LogP contribution in [0.1, 0.15) is 20.3 Å². The summed E-state index contributed by atoms with van der Waals surface area (Å²) in [4.78, 5) is 0.173. The fraction of sp³-hybridized carbons (Fsp3) is 0.333. The Hall–Kier alpha value is -0.140. The third-order valence-electron chi connectivity index (χ3n) is 1.06. The van der Waals surface area contributed by atoms with Crippen molar-refractivity contribution in [3.63, 3.8) is 0 Å². The smallest absolute Gasteiger partial charge is 0.140 e. The minimum atomic E-state index is -0.631. The molecule has 0 radical (unpaired) electrons. The van der Waals surface area contributed by atoms with Gasteiger partial charge in [-0.25, -0.2) is 8.78 Å². The molecule has 0 amide bonds. The molecule has 1 aromatic rings. The molecule has 0 aromatic heterocycles. The molecule has 0 aliphatic rings. The Labute approximate surface area is 85.3 Å². The summed E-state index contributed by atoms with van der Waals surface area (Å²) in [6.45, 7) is 4.25. The molecule has 0 fully saturated rings. The van der Waals surface area contributed by atoms with Gasteiger partial charge in [0.1, 0.15) is 11.6 Å². The van der Waals surface area contributed by atoms with Crippen molar-refractivity contribution >= 4 is 27.2 Å². The first-order valence-corrected chi connectivity index (χ1v) is 4.98. The second kappa shape index (κ2) is 6.33. The predicted octanol–water partition coefficient (Wildman–Crippen LogP) is 3.17. The third kappa shape index (κ3) is 4.58. The molecule has 1 aromatic carbocycles. The van der Waals surface area contributed by atoms with Crippen molar-refractivity contribution in [2.75, 3.05) is 0 Å². The van der Waals surface area contributed by atoms with Crippen LogP contribution in [0.3, 0.4) is 0 Å². The van der Waals surface area contributed by atoms with Gasteiger partial charge in [-0.1, -0.05) is 20.3 Å². The third-order valence-corrected chi connectivity index (χ3v) is 2.23. The Morgan fingerprint density at radius 2 is 1.77 bits per heavy atom. The second-order valence-electron chi connectivity index (χ2n) is 2.53. The second-order valence-corrected chi connectivity index (χ2v) is 3.60. The van der Waals surface area contributed by atoms with Crippen molar-refractivity contribution in [1.29, 1.82) is 0 Å². The Kier molecular flexibility index (Phi) is 6.27. The predicted molar refractivity (Wildman–Crippen MR) is 58.9 cm³/mol. The first kappa shape index (κ1) is 12.9. The molecule has 0 saturated heterocycles. The van der Waals surface area contributed by atoms with E-state index in [2.05, 4.69) is 35.7 Å². The van der Waals surface area contributed by atoms with Gasteiger partial charge >= 0.3 is 0 Å². The minimum absolute atomic E-state index is 0.173. The van der Waals surface area contributed by atoms with Gasteiger partial charge in [0.25, 0.3) is 0 Å². The molecule has 1 unspecified atom stereocenters. The van der Waals surface area contributed by atoms with Crippen LogP contribution in [0.25, 0.3) is 0 Å². The van der Waals surface area contributed by atoms with Crippen molar-refractivity contribution in [2.45, 2.75) is 25.2 Å². The molecule has 0 nitrogen and oxygen atoms in total. The highest BCUT2D eigenvalue weighted by molar-refractivity contribution is 7.80. The molecule has 0 spiro atoms. The van der Waals surface area contributed by atoms with Crippen molar-refractivity contribution < 1.29 is 8.78 Å². The fourth-order valence-corrected chi connectivity index (χ4v) is 1.01. The molecule has 0 aliphatic heterocycles. The van der Waals surface area contributed by atoms with E-state index >= 15 is 0 Å². The Morgan fingerprint density at radius 1 is 1.31 bits per heavy atom. The van der Waals surface area contributed by atoms with Gasteiger partial charge in [0.05, 0.1) is 0 Å². The van der Waals surface area contributed by atoms with E-state index in [1.807, 2.05) is 0 Å². The molecule has 13 heavy (non-hydrogen) atoms. The summed E-state index contributed by atoms with van der Waals surface area (Å²) >= 11 is 3.80. The maximum absolute atomic E-state index is 12.5. The largest absolute Gasteiger partial charge is 0.207 e. The average molecular weight is 222 g/mol. The first-order chi connectivity index (χ1) is 6.02. The van der Waals surface area contributed by atoms with E-state index in [-0.39, 0.29) is 4.90 Å². The van der Waals surface area contributed by atoms with Gasteiger partial charge in [-0.3, -0.25) is 0 Å². The van der Waals surface area contributed by atoms with Gasteiger partial charge in [0.2, 0.25) is 0 Å². The summed E-state index contributed by atoms with van der Waals surface area (Å²) in [6.07, 6.45) is 1.25. The van der Waals surface area contributed by atoms with E-state index in [1.165, 1.54) is 12.5 Å². The summed E-state index contributed by atoms with van der Waals surface area (Å²) in [5, 5.41) is 0.431. The zero-order valence-corrected chi connectivity index (χ0v) is 9.69. The number of hydrogen-bond donors (Lipinski definition) is 1. The van der Waals surface area contributed by atoms with Crippen molar-refractivity contribution in [2.24, 2.45) is 0 Å². The lowest BCUT2D eigenvalue weighted by atomic mass is 10.3. The highest BCUT2D eigenvalue weighted by Gasteiger charge is 2.02. The van der Waals surface area contributed by atoms with E-state index < -0.39 is 11.6 Å². The molecule has 74 valence electrons. The number of rotatable bonds is 0. The SMILES string of the molecule is CCC.Fc1cc(F)c(S)c(P)c1. The summed E-state index contributed by atoms with van der Waals surface area (Å²) in [6, 6.07) is 2.01. The first-order valence-electron chi connectivity index (χ1n) is 3.96. The van der Waals surface area contributed by atoms with Crippen LogP contribution in [0.2, 0.25) is 0 Å². The summed E-state index contributed by atoms with van der Waals surface area (Å²) in [7, 11) is 2.20. The zero-order chi connectivity index (χ0) is 10.4. The number of halogens is 2. The Morgan fingerprint density at radius 3 is 2.15 bits per heavy atom. The van der Waals surface area contributed by atoms with Crippen LogP contribution < -0.4 is 5.30 Å². The Balaban J connectivity index is 0.000000424. The number of thiol groups is 1. The van der Waals surface area contributed by atoms with Crippen LogP contribution in [0.4, 0.5) is 8.78 Å². The van der Waals surface area contributed by atoms with Crippen LogP contribution in [0, 0.1) is 11.6 Å². The highest BCUT2D eigenvalue weighted by Crippen LogP contribution is 2.13. The van der Waals surface area contributed by atoms with Crippen LogP contribution >= 0.6 is 21.9 Å². The van der Waals surface area contributed by atoms with Crippen LogP contribution in [-0.2, 0) is 0 Å². The normalized spacial score (nSPS) is 9.08. The molecule has 0 N–H and O–H groups in total. The molecular formula is C9H13F2PS. The maximum atomic E-state index is 12.5. The van der Waals surface area contributed by atoms with E-state index in [4.69, 9.17) is 0 Å². The van der Waals surface area contributed by atoms with E-state index in [1.54, 1.807) is 0 Å². The summed E-state index contributed by atoms with van der Waals surface area (Å²) in [5.74, 6) is -1.21. The lowest BCUT2D eigenvalue weighted by molar-refractivity contribution is 0.569. The molecule has 0 aliphatic carbocycles. The average Bonchev–Trinajstić information content (AvgIpc) is 2.01. The zero-order valence-electron chi connectivity index (χ0n) is 7.64. The monoisotopic (exact) mass is 222 g/mol.